The van der Waals surface area contributed by atoms with Gasteiger partial charge in [0, 0.05) is 31.5 Å². The number of alkyl halides is 2. The molecule has 2 rings (SSSR count). The van der Waals surface area contributed by atoms with Crippen molar-refractivity contribution in [2.45, 2.75) is 31.6 Å². The van der Waals surface area contributed by atoms with Crippen molar-refractivity contribution in [3.05, 3.63) is 11.3 Å². The average Bonchev–Trinajstić information content (AvgIpc) is 2.85. The summed E-state index contributed by atoms with van der Waals surface area (Å²) in [7, 11) is 0. The van der Waals surface area contributed by atoms with E-state index in [1.807, 2.05) is 0 Å². The number of aliphatic carboxylic acids is 1. The van der Waals surface area contributed by atoms with Crippen LogP contribution < -0.4 is 5.73 Å². The molecule has 19 heavy (non-hydrogen) atoms. The predicted molar refractivity (Wildman–Crippen MR) is 65.1 cm³/mol. The first-order valence-electron chi connectivity index (χ1n) is 6.24. The highest BCUT2D eigenvalue weighted by Crippen LogP contribution is 2.38. The van der Waals surface area contributed by atoms with Gasteiger partial charge in [0.25, 0.3) is 5.92 Å². The van der Waals surface area contributed by atoms with Crippen molar-refractivity contribution in [1.29, 1.82) is 5.41 Å². The van der Waals surface area contributed by atoms with E-state index in [1.54, 1.807) is 4.90 Å². The molecule has 1 aliphatic heterocycles. The Morgan fingerprint density at radius 1 is 1.58 bits per heavy atom. The molecule has 1 saturated heterocycles. The molecular formula is C12H17F2N3O2. The van der Waals surface area contributed by atoms with Gasteiger partial charge in [-0.05, 0) is 18.8 Å². The van der Waals surface area contributed by atoms with Crippen LogP contribution in [0.15, 0.2) is 11.3 Å². The van der Waals surface area contributed by atoms with Gasteiger partial charge in [-0.3, -0.25) is 10.2 Å². The third kappa shape index (κ3) is 2.69. The van der Waals surface area contributed by atoms with Gasteiger partial charge in [0.1, 0.15) is 5.84 Å². The summed E-state index contributed by atoms with van der Waals surface area (Å²) in [5.74, 6) is -3.88. The van der Waals surface area contributed by atoms with Crippen molar-refractivity contribution in [2.24, 2.45) is 11.7 Å². The Morgan fingerprint density at radius 3 is 2.79 bits per heavy atom. The number of halogens is 2. The zero-order valence-corrected chi connectivity index (χ0v) is 10.5. The second-order valence-electron chi connectivity index (χ2n) is 5.14. The van der Waals surface area contributed by atoms with E-state index in [-0.39, 0.29) is 36.6 Å². The Morgan fingerprint density at radius 2 is 2.26 bits per heavy atom. The van der Waals surface area contributed by atoms with Crippen LogP contribution >= 0.6 is 0 Å². The molecule has 0 saturated carbocycles. The minimum absolute atomic E-state index is 0.0263. The topological polar surface area (TPSA) is 90.4 Å². The summed E-state index contributed by atoms with van der Waals surface area (Å²) in [4.78, 5) is 12.3. The number of allylic oxidation sites excluding steroid dienone is 1. The van der Waals surface area contributed by atoms with Gasteiger partial charge < -0.3 is 15.7 Å². The summed E-state index contributed by atoms with van der Waals surface area (Å²) in [6.07, 6.45) is 0.480. The highest BCUT2D eigenvalue weighted by molar-refractivity contribution is 5.97. The molecule has 7 heteroatoms. The molecule has 1 aliphatic carbocycles. The number of carboxylic acids is 1. The van der Waals surface area contributed by atoms with Crippen LogP contribution in [-0.2, 0) is 4.79 Å². The minimum atomic E-state index is -3.01. The zero-order valence-electron chi connectivity index (χ0n) is 10.5. The first-order chi connectivity index (χ1) is 8.81. The highest BCUT2D eigenvalue weighted by atomic mass is 19.3. The van der Waals surface area contributed by atoms with E-state index < -0.39 is 17.6 Å². The highest BCUT2D eigenvalue weighted by Gasteiger charge is 2.42. The predicted octanol–water partition coefficient (Wildman–Crippen LogP) is 1.40. The fraction of sp³-hybridized carbons (Fsp3) is 0.667. The number of hydrogen-bond donors (Lipinski definition) is 3. The lowest BCUT2D eigenvalue weighted by Gasteiger charge is -2.20. The van der Waals surface area contributed by atoms with E-state index in [0.717, 1.165) is 0 Å². The first-order valence-corrected chi connectivity index (χ1v) is 6.24. The molecule has 1 fully saturated rings. The third-order valence-corrected chi connectivity index (χ3v) is 3.76. The Kier molecular flexibility index (Phi) is 3.47. The number of nitrogens with one attached hydrogen (secondary N) is 1. The quantitative estimate of drug-likeness (QED) is 0.535. The number of rotatable bonds is 3. The molecule has 1 heterocycles. The summed E-state index contributed by atoms with van der Waals surface area (Å²) < 4.78 is 26.6. The van der Waals surface area contributed by atoms with Crippen LogP contribution in [0, 0.1) is 11.3 Å². The van der Waals surface area contributed by atoms with Crippen molar-refractivity contribution in [3.63, 3.8) is 0 Å². The summed E-state index contributed by atoms with van der Waals surface area (Å²) in [5.41, 5.74) is 5.12. The summed E-state index contributed by atoms with van der Waals surface area (Å²) in [5, 5.41) is 16.7. The normalized spacial score (nSPS) is 26.0. The van der Waals surface area contributed by atoms with Crippen molar-refractivity contribution >= 4 is 11.8 Å². The Bertz CT molecular complexity index is 448. The molecule has 4 N–H and O–H groups in total. The van der Waals surface area contributed by atoms with Crippen LogP contribution in [0.3, 0.4) is 0 Å². The second-order valence-corrected chi connectivity index (χ2v) is 5.14. The molecule has 0 aromatic rings. The first kappa shape index (κ1) is 13.8. The maximum absolute atomic E-state index is 13.3. The van der Waals surface area contributed by atoms with E-state index in [2.05, 4.69) is 0 Å². The molecule has 0 aromatic carbocycles. The van der Waals surface area contributed by atoms with Crippen LogP contribution in [0.25, 0.3) is 0 Å². The molecule has 0 unspecified atom stereocenters. The number of carbonyl (C=O) groups is 1. The Labute approximate surface area is 109 Å². The lowest BCUT2D eigenvalue weighted by Crippen LogP contribution is -2.31. The SMILES string of the molecule is N=C(C1=C(N)C(F)(F)CC1)N1CC[C@@H](CC(=O)O)C1. The molecular weight excluding hydrogens is 256 g/mol. The van der Waals surface area contributed by atoms with Crippen LogP contribution in [0.5, 0.6) is 0 Å². The largest absolute Gasteiger partial charge is 0.481 e. The van der Waals surface area contributed by atoms with Gasteiger partial charge in [0.05, 0.1) is 5.70 Å². The van der Waals surface area contributed by atoms with Gasteiger partial charge in [-0.25, -0.2) is 0 Å². The van der Waals surface area contributed by atoms with Crippen molar-refractivity contribution in [3.8, 4) is 0 Å². The smallest absolute Gasteiger partial charge is 0.303 e. The summed E-state index contributed by atoms with van der Waals surface area (Å²) >= 11 is 0. The Hall–Kier alpha value is -1.66. The maximum Gasteiger partial charge on any atom is 0.303 e. The molecule has 0 bridgehead atoms. The number of nitrogens with zero attached hydrogens (tertiary/aromatic N) is 1. The van der Waals surface area contributed by atoms with E-state index in [0.29, 0.717) is 19.5 Å². The van der Waals surface area contributed by atoms with Crippen LogP contribution in [0.1, 0.15) is 25.7 Å². The van der Waals surface area contributed by atoms with E-state index >= 15 is 0 Å². The molecule has 0 radical (unpaired) electrons. The van der Waals surface area contributed by atoms with Gasteiger partial charge in [0.2, 0.25) is 0 Å². The molecule has 0 aromatic heterocycles. The molecule has 0 spiro atoms. The van der Waals surface area contributed by atoms with E-state index in [4.69, 9.17) is 16.2 Å². The second kappa shape index (κ2) is 4.79. The third-order valence-electron chi connectivity index (χ3n) is 3.76. The van der Waals surface area contributed by atoms with Crippen LogP contribution in [0.2, 0.25) is 0 Å². The molecule has 2 aliphatic rings. The standard InChI is InChI=1S/C12H17F2N3O2/c13-12(14)3-1-8(10(12)15)11(16)17-4-2-7(6-17)5-9(18)19/h7,16H,1-6,15H2,(H,18,19)/t7-/m0/s1. The van der Waals surface area contributed by atoms with Gasteiger partial charge in [-0.2, -0.15) is 8.78 Å². The van der Waals surface area contributed by atoms with Crippen molar-refractivity contribution < 1.29 is 18.7 Å². The lowest BCUT2D eigenvalue weighted by molar-refractivity contribution is -0.137. The average molecular weight is 273 g/mol. The van der Waals surface area contributed by atoms with Gasteiger partial charge in [0.15, 0.2) is 0 Å². The van der Waals surface area contributed by atoms with E-state index in [9.17, 15) is 13.6 Å². The van der Waals surface area contributed by atoms with Gasteiger partial charge >= 0.3 is 5.97 Å². The fourth-order valence-electron chi connectivity index (χ4n) is 2.66. The number of likely N-dealkylation sites (tertiary alicyclic amines) is 1. The maximum atomic E-state index is 13.3. The van der Waals surface area contributed by atoms with E-state index in [1.165, 1.54) is 0 Å². The molecule has 5 nitrogen and oxygen atoms in total. The number of carboxylic acid groups (broad SMARTS) is 1. The number of nitrogens with two attached hydrogens (primary N) is 1. The fourth-order valence-corrected chi connectivity index (χ4v) is 2.66. The summed E-state index contributed by atoms with van der Waals surface area (Å²) in [6, 6.07) is 0. The monoisotopic (exact) mass is 273 g/mol. The lowest BCUT2D eigenvalue weighted by atomic mass is 10.1. The molecule has 106 valence electrons. The number of amidine groups is 1. The van der Waals surface area contributed by atoms with Crippen LogP contribution in [-0.4, -0.2) is 40.8 Å². The minimum Gasteiger partial charge on any atom is -0.481 e. The summed E-state index contributed by atoms with van der Waals surface area (Å²) in [6.45, 7) is 0.951. The zero-order chi connectivity index (χ0) is 14.2. The molecule has 0 amide bonds. The Balaban J connectivity index is 2.03. The number of hydrogen-bond acceptors (Lipinski definition) is 3. The van der Waals surface area contributed by atoms with Crippen LogP contribution in [0.4, 0.5) is 8.78 Å². The van der Waals surface area contributed by atoms with Gasteiger partial charge in [-0.1, -0.05) is 0 Å². The van der Waals surface area contributed by atoms with Gasteiger partial charge in [-0.15, -0.1) is 0 Å². The van der Waals surface area contributed by atoms with Crippen molar-refractivity contribution in [1.82, 2.24) is 4.90 Å². The van der Waals surface area contributed by atoms with Crippen molar-refractivity contribution in [2.75, 3.05) is 13.1 Å². The molecule has 1 atom stereocenters.